The maximum absolute atomic E-state index is 12.6. The molecule has 2 atom stereocenters. The lowest BCUT2D eigenvalue weighted by molar-refractivity contribution is -0.141. The fourth-order valence-electron chi connectivity index (χ4n) is 3.95. The number of halogens is 1. The monoisotopic (exact) mass is 490 g/mol. The minimum Gasteiger partial charge on any atom is -0.481 e. The number of fused-ring (bicyclic) bond motifs is 1. The molecule has 1 amide bonds. The zero-order valence-electron chi connectivity index (χ0n) is 19.0. The van der Waals surface area contributed by atoms with Crippen LogP contribution in [0.1, 0.15) is 45.0 Å². The second-order valence-electron chi connectivity index (χ2n) is 8.27. The molecule has 1 heterocycles. The molecule has 0 aromatic heterocycles. The Morgan fingerprint density at radius 3 is 2.63 bits per heavy atom. The molecule has 2 unspecified atom stereocenters. The van der Waals surface area contributed by atoms with Gasteiger partial charge in [-0.1, -0.05) is 23.7 Å². The summed E-state index contributed by atoms with van der Waals surface area (Å²) in [6, 6.07) is 19.3. The van der Waals surface area contributed by atoms with E-state index in [1.54, 1.807) is 30.3 Å². The van der Waals surface area contributed by atoms with Crippen LogP contribution in [0.25, 0.3) is 0 Å². The Hall–Kier alpha value is -4.02. The highest BCUT2D eigenvalue weighted by Gasteiger charge is 2.34. The van der Waals surface area contributed by atoms with Crippen molar-refractivity contribution in [3.8, 4) is 17.6 Å². The lowest BCUT2D eigenvalue weighted by atomic mass is 9.91. The summed E-state index contributed by atoms with van der Waals surface area (Å²) < 4.78 is 11.8. The molecule has 1 aliphatic rings. The average molecular weight is 491 g/mol. The van der Waals surface area contributed by atoms with E-state index < -0.39 is 18.2 Å². The molecule has 0 bridgehead atoms. The van der Waals surface area contributed by atoms with Crippen LogP contribution in [0, 0.1) is 18.3 Å². The highest BCUT2D eigenvalue weighted by Crippen LogP contribution is 2.38. The van der Waals surface area contributed by atoms with Crippen LogP contribution in [0.3, 0.4) is 0 Å². The Labute approximate surface area is 207 Å². The van der Waals surface area contributed by atoms with Crippen molar-refractivity contribution in [2.24, 2.45) is 0 Å². The number of rotatable bonds is 7. The van der Waals surface area contributed by atoms with Crippen molar-refractivity contribution in [3.63, 3.8) is 0 Å². The highest BCUT2D eigenvalue weighted by molar-refractivity contribution is 6.30. The Morgan fingerprint density at radius 1 is 1.17 bits per heavy atom. The van der Waals surface area contributed by atoms with Crippen molar-refractivity contribution >= 4 is 23.5 Å². The molecular formula is C27H23ClN2O5. The number of carboxylic acid groups (broad SMARTS) is 1. The second-order valence-corrected chi connectivity index (χ2v) is 8.71. The van der Waals surface area contributed by atoms with Crippen LogP contribution in [0.15, 0.2) is 60.7 Å². The number of aliphatic carboxylic acids is 1. The number of carbonyl (C=O) groups is 2. The number of benzene rings is 3. The van der Waals surface area contributed by atoms with Crippen molar-refractivity contribution < 1.29 is 24.2 Å². The van der Waals surface area contributed by atoms with E-state index in [0.717, 1.165) is 11.1 Å². The van der Waals surface area contributed by atoms with E-state index in [-0.39, 0.29) is 12.3 Å². The van der Waals surface area contributed by atoms with Gasteiger partial charge in [-0.05, 0) is 73.0 Å². The molecule has 35 heavy (non-hydrogen) atoms. The molecule has 0 aliphatic carbocycles. The number of nitrogens with zero attached hydrogens (tertiary/aromatic N) is 1. The minimum absolute atomic E-state index is 0.0869. The quantitative estimate of drug-likeness (QED) is 0.490. The van der Waals surface area contributed by atoms with Crippen LogP contribution in [0.4, 0.5) is 0 Å². The van der Waals surface area contributed by atoms with Crippen molar-refractivity contribution in [3.05, 3.63) is 93.5 Å². The van der Waals surface area contributed by atoms with E-state index in [9.17, 15) is 14.7 Å². The maximum Gasteiger partial charge on any atom is 0.311 e. The van der Waals surface area contributed by atoms with E-state index in [1.807, 2.05) is 37.3 Å². The van der Waals surface area contributed by atoms with Crippen LogP contribution in [0.2, 0.25) is 5.02 Å². The lowest BCUT2D eigenvalue weighted by Gasteiger charge is -2.30. The van der Waals surface area contributed by atoms with E-state index in [2.05, 4.69) is 5.32 Å². The molecule has 0 radical (unpaired) electrons. The molecule has 8 heteroatoms. The van der Waals surface area contributed by atoms with E-state index in [4.69, 9.17) is 26.3 Å². The van der Waals surface area contributed by atoms with Gasteiger partial charge in [-0.15, -0.1) is 0 Å². The van der Waals surface area contributed by atoms with Gasteiger partial charge in [-0.3, -0.25) is 9.59 Å². The molecule has 0 fully saturated rings. The van der Waals surface area contributed by atoms with Crippen molar-refractivity contribution in [2.75, 3.05) is 6.54 Å². The number of hydrogen-bond donors (Lipinski definition) is 2. The summed E-state index contributed by atoms with van der Waals surface area (Å²) in [6.07, 6.45) is -0.0531. The number of carboxylic acids is 1. The van der Waals surface area contributed by atoms with Gasteiger partial charge in [0.15, 0.2) is 0 Å². The molecule has 4 rings (SSSR count). The fourth-order valence-corrected chi connectivity index (χ4v) is 4.08. The topological polar surface area (TPSA) is 109 Å². The molecule has 7 nitrogen and oxygen atoms in total. The Morgan fingerprint density at radius 2 is 1.94 bits per heavy atom. The summed E-state index contributed by atoms with van der Waals surface area (Å²) in [5.74, 6) is -1.20. The predicted octanol–water partition coefficient (Wildman–Crippen LogP) is 4.85. The van der Waals surface area contributed by atoms with Gasteiger partial charge in [-0.2, -0.15) is 5.26 Å². The van der Waals surface area contributed by atoms with Gasteiger partial charge in [0, 0.05) is 29.1 Å². The van der Waals surface area contributed by atoms with Crippen molar-refractivity contribution in [2.45, 2.75) is 32.0 Å². The van der Waals surface area contributed by atoms with Gasteiger partial charge in [0.05, 0.1) is 17.6 Å². The van der Waals surface area contributed by atoms with Crippen molar-refractivity contribution in [1.29, 1.82) is 5.26 Å². The molecule has 0 saturated carbocycles. The summed E-state index contributed by atoms with van der Waals surface area (Å²) in [7, 11) is 0. The number of nitrogens with one attached hydrogen (secondary N) is 1. The van der Waals surface area contributed by atoms with E-state index >= 15 is 0 Å². The first-order chi connectivity index (χ1) is 16.8. The molecule has 3 aromatic carbocycles. The first-order valence-electron chi connectivity index (χ1n) is 11.1. The third kappa shape index (κ3) is 5.73. The van der Waals surface area contributed by atoms with Crippen LogP contribution >= 0.6 is 11.6 Å². The van der Waals surface area contributed by atoms with Gasteiger partial charge >= 0.3 is 5.97 Å². The molecular weight excluding hydrogens is 468 g/mol. The van der Waals surface area contributed by atoms with Gasteiger partial charge < -0.3 is 19.9 Å². The van der Waals surface area contributed by atoms with Gasteiger partial charge in [0.2, 0.25) is 6.29 Å². The van der Waals surface area contributed by atoms with Crippen molar-refractivity contribution in [1.82, 2.24) is 5.32 Å². The third-order valence-corrected chi connectivity index (χ3v) is 6.06. The molecule has 0 saturated heterocycles. The summed E-state index contributed by atoms with van der Waals surface area (Å²) in [6.45, 7) is 2.29. The molecule has 3 aromatic rings. The zero-order valence-corrected chi connectivity index (χ0v) is 19.7. The summed E-state index contributed by atoms with van der Waals surface area (Å²) in [5, 5.41) is 22.4. The van der Waals surface area contributed by atoms with Gasteiger partial charge in [-0.25, -0.2) is 0 Å². The number of amides is 1. The second kappa shape index (κ2) is 10.5. The van der Waals surface area contributed by atoms with Crippen LogP contribution < -0.4 is 14.8 Å². The largest absolute Gasteiger partial charge is 0.481 e. The number of hydrogen-bond acceptors (Lipinski definition) is 5. The smallest absolute Gasteiger partial charge is 0.311 e. The van der Waals surface area contributed by atoms with E-state index in [1.165, 1.54) is 6.07 Å². The van der Waals surface area contributed by atoms with Crippen LogP contribution in [-0.4, -0.2) is 29.8 Å². The van der Waals surface area contributed by atoms with Crippen LogP contribution in [0.5, 0.6) is 11.5 Å². The summed E-state index contributed by atoms with van der Waals surface area (Å²) in [4.78, 5) is 24.4. The predicted molar refractivity (Wildman–Crippen MR) is 130 cm³/mol. The minimum atomic E-state index is -1.01. The van der Waals surface area contributed by atoms with Gasteiger partial charge in [0.1, 0.15) is 11.5 Å². The Kier molecular flexibility index (Phi) is 7.23. The number of ether oxygens (including phenoxy) is 2. The van der Waals surface area contributed by atoms with Crippen LogP contribution in [-0.2, 0) is 11.2 Å². The maximum atomic E-state index is 12.6. The first-order valence-corrected chi connectivity index (χ1v) is 11.5. The normalized spacial score (nSPS) is 16.4. The molecule has 178 valence electrons. The average Bonchev–Trinajstić information content (AvgIpc) is 2.85. The third-order valence-electron chi connectivity index (χ3n) is 5.81. The fraction of sp³-hybridized carbons (Fsp3) is 0.222. The first kappa shape index (κ1) is 24.1. The lowest BCUT2D eigenvalue weighted by Crippen LogP contribution is -2.33. The highest BCUT2D eigenvalue weighted by atomic mass is 35.5. The number of nitriles is 1. The van der Waals surface area contributed by atoms with E-state index in [0.29, 0.717) is 46.2 Å². The summed E-state index contributed by atoms with van der Waals surface area (Å²) >= 11 is 5.90. The zero-order chi connectivity index (χ0) is 24.9. The number of carbonyl (C=O) groups excluding carboxylic acids is 1. The summed E-state index contributed by atoms with van der Waals surface area (Å²) in [5.41, 5.74) is 3.12. The Bertz CT molecular complexity index is 1300. The Balaban J connectivity index is 1.40. The standard InChI is InChI=1S/C27H23ClN2O5/c1-16-12-19(26(31)30-11-10-17-2-6-20(28)7-3-17)5-9-23(16)34-25-14-22(27(32)33)21-13-18(15-29)4-8-24(21)35-25/h2-9,12-13,22,25H,10-11,14H2,1H3,(H,30,31)(H,32,33). The molecule has 2 N–H and O–H groups in total. The molecule has 0 spiro atoms. The number of aryl methyl sites for hydroxylation is 1. The molecule has 1 aliphatic heterocycles. The van der Waals surface area contributed by atoms with Gasteiger partial charge in [0.25, 0.3) is 5.91 Å². The SMILES string of the molecule is Cc1cc(C(=O)NCCc2ccc(Cl)cc2)ccc1OC1CC(C(=O)O)c2cc(C#N)ccc2O1.